The van der Waals surface area contributed by atoms with Crippen LogP contribution in [0.5, 0.6) is 0 Å². The van der Waals surface area contributed by atoms with Crippen LogP contribution < -0.4 is 0 Å². The highest BCUT2D eigenvalue weighted by Gasteiger charge is 2.03. The van der Waals surface area contributed by atoms with Crippen LogP contribution in [0.4, 0.5) is 0 Å². The Morgan fingerprint density at radius 3 is 2.57 bits per heavy atom. The average Bonchev–Trinajstić information content (AvgIpc) is 2.72. The highest BCUT2D eigenvalue weighted by molar-refractivity contribution is 5.39. The first-order valence-corrected chi connectivity index (χ1v) is 4.47. The van der Waals surface area contributed by atoms with Gasteiger partial charge < -0.3 is 5.11 Å². The Labute approximate surface area is 81.8 Å². The molecule has 0 atom stereocenters. The molecule has 72 valence electrons. The maximum atomic E-state index is 8.89. The molecule has 2 rings (SSSR count). The predicted molar refractivity (Wildman–Crippen MR) is 52.1 cm³/mol. The monoisotopic (exact) mass is 189 g/mol. The Bertz CT molecular complexity index is 398. The van der Waals surface area contributed by atoms with Crippen molar-refractivity contribution < 1.29 is 5.11 Å². The Hall–Kier alpha value is -1.68. The van der Waals surface area contributed by atoms with Crippen LogP contribution in [0, 0.1) is 0 Å². The number of aliphatic hydroxyl groups is 1. The number of hydrogen-bond acceptors (Lipinski definition) is 3. The fraction of sp³-hybridized carbons (Fsp3) is 0.200. The van der Waals surface area contributed by atoms with E-state index < -0.39 is 0 Å². The van der Waals surface area contributed by atoms with Gasteiger partial charge in [0, 0.05) is 6.61 Å². The van der Waals surface area contributed by atoms with E-state index in [0.717, 1.165) is 11.3 Å². The van der Waals surface area contributed by atoms with Crippen molar-refractivity contribution >= 4 is 0 Å². The molecule has 0 aliphatic carbocycles. The molecule has 0 unspecified atom stereocenters. The van der Waals surface area contributed by atoms with Gasteiger partial charge >= 0.3 is 0 Å². The van der Waals surface area contributed by atoms with Crippen molar-refractivity contribution in [3.05, 3.63) is 42.2 Å². The summed E-state index contributed by atoms with van der Waals surface area (Å²) in [5.74, 6) is 0. The lowest BCUT2D eigenvalue weighted by Gasteiger charge is -2.05. The minimum Gasteiger partial charge on any atom is -0.396 e. The lowest BCUT2D eigenvalue weighted by atomic mass is 10.1. The van der Waals surface area contributed by atoms with Gasteiger partial charge in [-0.05, 0) is 18.1 Å². The van der Waals surface area contributed by atoms with Gasteiger partial charge in [-0.1, -0.05) is 18.2 Å². The van der Waals surface area contributed by atoms with Gasteiger partial charge in [0.15, 0.2) is 0 Å². The third-order valence-corrected chi connectivity index (χ3v) is 2.01. The van der Waals surface area contributed by atoms with Crippen molar-refractivity contribution in [3.63, 3.8) is 0 Å². The molecule has 1 aromatic carbocycles. The largest absolute Gasteiger partial charge is 0.396 e. The first-order valence-electron chi connectivity index (χ1n) is 4.47. The Morgan fingerprint density at radius 2 is 1.86 bits per heavy atom. The van der Waals surface area contributed by atoms with Crippen molar-refractivity contribution in [3.8, 4) is 5.69 Å². The van der Waals surface area contributed by atoms with E-state index in [1.54, 1.807) is 17.2 Å². The van der Waals surface area contributed by atoms with Crippen LogP contribution in [0.15, 0.2) is 36.7 Å². The summed E-state index contributed by atoms with van der Waals surface area (Å²) in [5.41, 5.74) is 1.97. The van der Waals surface area contributed by atoms with Crippen molar-refractivity contribution in [2.24, 2.45) is 0 Å². The molecule has 2 aromatic rings. The van der Waals surface area contributed by atoms with Crippen molar-refractivity contribution in [1.29, 1.82) is 0 Å². The third kappa shape index (κ3) is 1.65. The molecule has 1 N–H and O–H groups in total. The molecule has 0 aliphatic heterocycles. The number of hydrogen-bond donors (Lipinski definition) is 1. The molecule has 0 radical (unpaired) electrons. The van der Waals surface area contributed by atoms with Crippen LogP contribution in [0.2, 0.25) is 0 Å². The molecule has 0 spiro atoms. The number of aromatic nitrogens is 3. The maximum absolute atomic E-state index is 8.89. The first kappa shape index (κ1) is 8.90. The van der Waals surface area contributed by atoms with Crippen LogP contribution in [-0.4, -0.2) is 26.7 Å². The molecule has 4 nitrogen and oxygen atoms in total. The number of aliphatic hydroxyl groups excluding tert-OH is 1. The first-order chi connectivity index (χ1) is 6.92. The van der Waals surface area contributed by atoms with E-state index in [9.17, 15) is 0 Å². The molecule has 0 fully saturated rings. The molecule has 4 heteroatoms. The quantitative estimate of drug-likeness (QED) is 0.777. The molecular formula is C10H11N3O. The molecule has 0 saturated heterocycles. The highest BCUT2D eigenvalue weighted by Crippen LogP contribution is 2.12. The smallest absolute Gasteiger partial charge is 0.0889 e. The Morgan fingerprint density at radius 1 is 1.14 bits per heavy atom. The minimum absolute atomic E-state index is 0.137. The van der Waals surface area contributed by atoms with Crippen LogP contribution in [0.25, 0.3) is 5.69 Å². The molecular weight excluding hydrogens is 178 g/mol. The average molecular weight is 189 g/mol. The summed E-state index contributed by atoms with van der Waals surface area (Å²) >= 11 is 0. The predicted octanol–water partition coefficient (Wildman–Crippen LogP) is 0.802. The van der Waals surface area contributed by atoms with Gasteiger partial charge in [-0.3, -0.25) is 0 Å². The van der Waals surface area contributed by atoms with Crippen LogP contribution in [0.3, 0.4) is 0 Å². The molecule has 1 aromatic heterocycles. The fourth-order valence-corrected chi connectivity index (χ4v) is 1.38. The Kier molecular flexibility index (Phi) is 2.55. The summed E-state index contributed by atoms with van der Waals surface area (Å²) in [7, 11) is 0. The second-order valence-electron chi connectivity index (χ2n) is 2.92. The van der Waals surface area contributed by atoms with Gasteiger partial charge in [-0.15, -0.1) is 0 Å². The zero-order chi connectivity index (χ0) is 9.80. The summed E-state index contributed by atoms with van der Waals surface area (Å²) < 4.78 is 0. The van der Waals surface area contributed by atoms with Crippen molar-refractivity contribution in [2.45, 2.75) is 6.42 Å². The summed E-state index contributed by atoms with van der Waals surface area (Å²) in [6.45, 7) is 0.137. The van der Waals surface area contributed by atoms with Crippen molar-refractivity contribution in [1.82, 2.24) is 15.0 Å². The van der Waals surface area contributed by atoms with E-state index in [-0.39, 0.29) is 6.61 Å². The lowest BCUT2D eigenvalue weighted by Crippen LogP contribution is -2.04. The standard InChI is InChI=1S/C10H11N3O/c14-8-5-9-3-1-2-4-10(9)13-11-6-7-12-13/h1-4,6-7,14H,5,8H2. The molecule has 0 saturated carbocycles. The number of para-hydroxylation sites is 1. The SMILES string of the molecule is OCCc1ccccc1-n1nccn1. The van der Waals surface area contributed by atoms with Gasteiger partial charge in [0.1, 0.15) is 0 Å². The summed E-state index contributed by atoms with van der Waals surface area (Å²) in [6.07, 6.45) is 3.89. The van der Waals surface area contributed by atoms with E-state index in [1.807, 2.05) is 24.3 Å². The lowest BCUT2D eigenvalue weighted by molar-refractivity contribution is 0.299. The maximum Gasteiger partial charge on any atom is 0.0889 e. The molecule has 1 heterocycles. The topological polar surface area (TPSA) is 50.9 Å². The van der Waals surface area contributed by atoms with Gasteiger partial charge in [-0.2, -0.15) is 15.0 Å². The second-order valence-corrected chi connectivity index (χ2v) is 2.92. The molecule has 14 heavy (non-hydrogen) atoms. The third-order valence-electron chi connectivity index (χ3n) is 2.01. The van der Waals surface area contributed by atoms with Crippen LogP contribution in [0.1, 0.15) is 5.56 Å². The summed E-state index contributed by atoms with van der Waals surface area (Å²) in [5, 5.41) is 17.0. The normalized spacial score (nSPS) is 10.4. The highest BCUT2D eigenvalue weighted by atomic mass is 16.2. The fourth-order valence-electron chi connectivity index (χ4n) is 1.38. The Balaban J connectivity index is 2.42. The number of benzene rings is 1. The summed E-state index contributed by atoms with van der Waals surface area (Å²) in [4.78, 5) is 1.56. The van der Waals surface area contributed by atoms with Gasteiger partial charge in [0.25, 0.3) is 0 Å². The van der Waals surface area contributed by atoms with E-state index in [2.05, 4.69) is 10.2 Å². The van der Waals surface area contributed by atoms with Crippen LogP contribution in [-0.2, 0) is 6.42 Å². The van der Waals surface area contributed by atoms with Crippen LogP contribution >= 0.6 is 0 Å². The number of nitrogens with zero attached hydrogens (tertiary/aromatic N) is 3. The number of rotatable bonds is 3. The van der Waals surface area contributed by atoms with E-state index in [0.29, 0.717) is 6.42 Å². The van der Waals surface area contributed by atoms with Gasteiger partial charge in [0.05, 0.1) is 18.1 Å². The molecule has 0 amide bonds. The zero-order valence-electron chi connectivity index (χ0n) is 7.67. The molecule has 0 aliphatic rings. The summed E-state index contributed by atoms with van der Waals surface area (Å²) in [6, 6.07) is 7.78. The van der Waals surface area contributed by atoms with E-state index in [4.69, 9.17) is 5.11 Å². The van der Waals surface area contributed by atoms with Crippen molar-refractivity contribution in [2.75, 3.05) is 6.61 Å². The van der Waals surface area contributed by atoms with E-state index in [1.165, 1.54) is 0 Å². The van der Waals surface area contributed by atoms with E-state index >= 15 is 0 Å². The zero-order valence-corrected chi connectivity index (χ0v) is 7.67. The minimum atomic E-state index is 0.137. The second kappa shape index (κ2) is 4.02. The molecule has 0 bridgehead atoms. The van der Waals surface area contributed by atoms with Gasteiger partial charge in [-0.25, -0.2) is 0 Å². The van der Waals surface area contributed by atoms with Gasteiger partial charge in [0.2, 0.25) is 0 Å².